The third-order valence-corrected chi connectivity index (χ3v) is 6.03. The second-order valence-corrected chi connectivity index (χ2v) is 8.29. The van der Waals surface area contributed by atoms with Crippen LogP contribution in [-0.4, -0.2) is 63.8 Å². The van der Waals surface area contributed by atoms with Gasteiger partial charge in [-0.25, -0.2) is 4.98 Å². The van der Waals surface area contributed by atoms with Gasteiger partial charge in [-0.2, -0.15) is 9.50 Å². The zero-order valence-electron chi connectivity index (χ0n) is 17.4. The van der Waals surface area contributed by atoms with Crippen molar-refractivity contribution in [2.45, 2.75) is 33.2 Å². The van der Waals surface area contributed by atoms with Crippen molar-refractivity contribution in [2.24, 2.45) is 0 Å². The highest BCUT2D eigenvalue weighted by Gasteiger charge is 2.21. The summed E-state index contributed by atoms with van der Waals surface area (Å²) >= 11 is 0. The third-order valence-electron chi connectivity index (χ3n) is 6.03. The summed E-state index contributed by atoms with van der Waals surface area (Å²) in [6.45, 7) is 11.3. The molecule has 7 nitrogen and oxygen atoms in total. The molecule has 0 radical (unpaired) electrons. The van der Waals surface area contributed by atoms with E-state index in [-0.39, 0.29) is 0 Å². The summed E-state index contributed by atoms with van der Waals surface area (Å²) < 4.78 is 1.94. The number of aromatic nitrogens is 4. The Morgan fingerprint density at radius 2 is 1.55 bits per heavy atom. The van der Waals surface area contributed by atoms with Crippen LogP contribution in [0.3, 0.4) is 0 Å². The predicted octanol–water partition coefficient (Wildman–Crippen LogP) is 2.66. The van der Waals surface area contributed by atoms with Crippen molar-refractivity contribution in [3.63, 3.8) is 0 Å². The Hall–Kier alpha value is -2.67. The van der Waals surface area contributed by atoms with Gasteiger partial charge in [-0.1, -0.05) is 17.7 Å². The molecule has 1 aromatic carbocycles. The van der Waals surface area contributed by atoms with Crippen LogP contribution in [0.1, 0.15) is 29.9 Å². The summed E-state index contributed by atoms with van der Waals surface area (Å²) in [6.07, 6.45) is 2.49. The van der Waals surface area contributed by atoms with E-state index in [0.29, 0.717) is 0 Å². The molecule has 5 rings (SSSR count). The Bertz CT molecular complexity index is 980. The normalized spacial score (nSPS) is 18.1. The highest BCUT2D eigenvalue weighted by molar-refractivity contribution is 5.49. The van der Waals surface area contributed by atoms with E-state index >= 15 is 0 Å². The maximum atomic E-state index is 4.83. The average Bonchev–Trinajstić information content (AvgIpc) is 3.38. The smallest absolute Gasteiger partial charge is 0.254 e. The molecule has 0 saturated carbocycles. The first kappa shape index (κ1) is 18.4. The number of piperazine rings is 1. The molecule has 0 N–H and O–H groups in total. The Morgan fingerprint density at radius 3 is 2.28 bits per heavy atom. The van der Waals surface area contributed by atoms with Crippen LogP contribution in [0.4, 0.5) is 11.5 Å². The molecule has 2 aliphatic heterocycles. The molecule has 7 heteroatoms. The lowest BCUT2D eigenvalue weighted by Gasteiger charge is -2.35. The number of aryl methyl sites for hydroxylation is 2. The highest BCUT2D eigenvalue weighted by Crippen LogP contribution is 2.22. The van der Waals surface area contributed by atoms with Gasteiger partial charge in [-0.15, -0.1) is 5.10 Å². The Balaban J connectivity index is 1.28. The zero-order chi connectivity index (χ0) is 19.8. The summed E-state index contributed by atoms with van der Waals surface area (Å²) in [5.74, 6) is 2.72. The van der Waals surface area contributed by atoms with Gasteiger partial charge in [-0.3, -0.25) is 4.90 Å². The van der Waals surface area contributed by atoms with Crippen LogP contribution in [0.25, 0.3) is 5.78 Å². The Labute approximate surface area is 172 Å². The number of anilines is 2. The van der Waals surface area contributed by atoms with E-state index < -0.39 is 0 Å². The quantitative estimate of drug-likeness (QED) is 0.682. The lowest BCUT2D eigenvalue weighted by molar-refractivity contribution is 0.244. The monoisotopic (exact) mass is 391 g/mol. The highest BCUT2D eigenvalue weighted by atomic mass is 15.4. The summed E-state index contributed by atoms with van der Waals surface area (Å²) in [5, 5.41) is 4.83. The number of hydrogen-bond acceptors (Lipinski definition) is 6. The minimum atomic E-state index is 0.722. The molecule has 0 aliphatic carbocycles. The number of benzene rings is 1. The number of rotatable bonds is 4. The molecular weight excluding hydrogens is 362 g/mol. The second kappa shape index (κ2) is 7.63. The van der Waals surface area contributed by atoms with Gasteiger partial charge in [0.05, 0.1) is 6.54 Å². The maximum Gasteiger partial charge on any atom is 0.254 e. The van der Waals surface area contributed by atoms with Gasteiger partial charge in [-0.05, 0) is 38.8 Å². The van der Waals surface area contributed by atoms with E-state index in [1.165, 1.54) is 24.1 Å². The number of hydrogen-bond donors (Lipinski definition) is 0. The van der Waals surface area contributed by atoms with Crippen molar-refractivity contribution in [1.82, 2.24) is 24.5 Å². The van der Waals surface area contributed by atoms with Crippen LogP contribution in [0.2, 0.25) is 0 Å². The predicted molar refractivity (Wildman–Crippen MR) is 116 cm³/mol. The van der Waals surface area contributed by atoms with Crippen LogP contribution >= 0.6 is 0 Å². The molecule has 2 fully saturated rings. The van der Waals surface area contributed by atoms with Gasteiger partial charge < -0.3 is 9.80 Å². The van der Waals surface area contributed by atoms with Crippen molar-refractivity contribution in [3.8, 4) is 0 Å². The first-order valence-electron chi connectivity index (χ1n) is 10.7. The van der Waals surface area contributed by atoms with E-state index in [1.807, 2.05) is 11.4 Å². The SMILES string of the molecule is Cc1ccc(N2CCN(Cc3nc4nc(C)cc(N5CCCC5)n4n3)CC2)cc1. The van der Waals surface area contributed by atoms with Crippen LogP contribution in [0.5, 0.6) is 0 Å². The second-order valence-electron chi connectivity index (χ2n) is 8.29. The average molecular weight is 392 g/mol. The summed E-state index contributed by atoms with van der Waals surface area (Å²) in [6, 6.07) is 11.0. The van der Waals surface area contributed by atoms with Crippen molar-refractivity contribution >= 4 is 17.3 Å². The minimum Gasteiger partial charge on any atom is -0.369 e. The van der Waals surface area contributed by atoms with Gasteiger partial charge in [0.15, 0.2) is 5.82 Å². The molecule has 0 unspecified atom stereocenters. The molecule has 2 aromatic heterocycles. The summed E-state index contributed by atoms with van der Waals surface area (Å²) in [5.41, 5.74) is 3.63. The fourth-order valence-electron chi connectivity index (χ4n) is 4.37. The lowest BCUT2D eigenvalue weighted by Crippen LogP contribution is -2.46. The van der Waals surface area contributed by atoms with E-state index in [0.717, 1.165) is 68.9 Å². The fraction of sp³-hybridized carbons (Fsp3) is 0.500. The topological polar surface area (TPSA) is 52.8 Å². The maximum absolute atomic E-state index is 4.83. The van der Waals surface area contributed by atoms with Crippen LogP contribution in [0.15, 0.2) is 30.3 Å². The van der Waals surface area contributed by atoms with E-state index in [4.69, 9.17) is 10.1 Å². The van der Waals surface area contributed by atoms with Crippen molar-refractivity contribution in [3.05, 3.63) is 47.4 Å². The van der Waals surface area contributed by atoms with E-state index in [2.05, 4.69) is 56.9 Å². The molecule has 29 heavy (non-hydrogen) atoms. The summed E-state index contributed by atoms with van der Waals surface area (Å²) in [4.78, 5) is 16.7. The third kappa shape index (κ3) is 3.79. The first-order valence-corrected chi connectivity index (χ1v) is 10.7. The Morgan fingerprint density at radius 1 is 0.828 bits per heavy atom. The molecule has 0 amide bonds. The zero-order valence-corrected chi connectivity index (χ0v) is 17.4. The molecule has 0 atom stereocenters. The van der Waals surface area contributed by atoms with E-state index in [1.54, 1.807) is 0 Å². The molecule has 2 saturated heterocycles. The largest absolute Gasteiger partial charge is 0.369 e. The Kier molecular flexibility index (Phi) is 4.83. The van der Waals surface area contributed by atoms with E-state index in [9.17, 15) is 0 Å². The first-order chi connectivity index (χ1) is 14.2. The molecule has 0 bridgehead atoms. The number of nitrogens with zero attached hydrogens (tertiary/aromatic N) is 7. The molecule has 152 valence electrons. The molecule has 4 heterocycles. The van der Waals surface area contributed by atoms with Crippen LogP contribution < -0.4 is 9.80 Å². The minimum absolute atomic E-state index is 0.722. The van der Waals surface area contributed by atoms with Gasteiger partial charge >= 0.3 is 0 Å². The van der Waals surface area contributed by atoms with Gasteiger partial charge in [0.2, 0.25) is 0 Å². The van der Waals surface area contributed by atoms with Gasteiger partial charge in [0, 0.05) is 56.7 Å². The van der Waals surface area contributed by atoms with Gasteiger partial charge in [0.1, 0.15) is 5.82 Å². The lowest BCUT2D eigenvalue weighted by atomic mass is 10.2. The molecule has 0 spiro atoms. The standard InChI is InChI=1S/C22H29N7/c1-17-5-7-19(8-6-17)27-13-11-26(12-14-27)16-20-24-22-23-18(2)15-21(29(22)25-20)28-9-3-4-10-28/h5-8,15H,3-4,9-14,16H2,1-2H3. The molecular formula is C22H29N7. The van der Waals surface area contributed by atoms with Crippen molar-refractivity contribution in [1.29, 1.82) is 0 Å². The van der Waals surface area contributed by atoms with Gasteiger partial charge in [0.25, 0.3) is 5.78 Å². The number of fused-ring (bicyclic) bond motifs is 1. The van der Waals surface area contributed by atoms with Crippen LogP contribution in [-0.2, 0) is 6.54 Å². The molecule has 2 aliphatic rings. The van der Waals surface area contributed by atoms with Crippen LogP contribution in [0, 0.1) is 13.8 Å². The summed E-state index contributed by atoms with van der Waals surface area (Å²) in [7, 11) is 0. The molecule has 3 aromatic rings. The fourth-order valence-corrected chi connectivity index (χ4v) is 4.37. The van der Waals surface area contributed by atoms with Crippen molar-refractivity contribution < 1.29 is 0 Å². The van der Waals surface area contributed by atoms with Crippen molar-refractivity contribution in [2.75, 3.05) is 49.1 Å².